The zero-order valence-corrected chi connectivity index (χ0v) is 22.4. The number of hydrogen-bond donors (Lipinski definition) is 3. The molecule has 3 aromatic rings. The quantitative estimate of drug-likeness (QED) is 0.400. The highest BCUT2D eigenvalue weighted by molar-refractivity contribution is 7.09. The predicted octanol–water partition coefficient (Wildman–Crippen LogP) is 3.69. The van der Waals surface area contributed by atoms with Gasteiger partial charge in [-0.2, -0.15) is 4.37 Å². The van der Waals surface area contributed by atoms with Gasteiger partial charge in [-0.25, -0.2) is 9.97 Å². The molecule has 0 spiro atoms. The topological polar surface area (TPSA) is 120 Å². The monoisotopic (exact) mass is 528 g/mol. The van der Waals surface area contributed by atoms with Crippen LogP contribution in [0.25, 0.3) is 0 Å². The first kappa shape index (κ1) is 26.0. The van der Waals surface area contributed by atoms with Crippen LogP contribution >= 0.6 is 23.1 Å². The van der Waals surface area contributed by atoms with Crippen LogP contribution in [0.5, 0.6) is 0 Å². The molecule has 0 saturated carbocycles. The highest BCUT2D eigenvalue weighted by Crippen LogP contribution is 2.42. The number of amides is 2. The number of nitrogens with zero attached hydrogens (tertiary/aromatic N) is 4. The lowest BCUT2D eigenvalue weighted by Crippen LogP contribution is -2.65. The summed E-state index contributed by atoms with van der Waals surface area (Å²) >= 11 is 7.20. The average molecular weight is 529 g/mol. The predicted molar refractivity (Wildman–Crippen MR) is 141 cm³/mol. The molecule has 0 unspecified atom stereocenters. The van der Waals surface area contributed by atoms with Crippen molar-refractivity contribution < 1.29 is 14.7 Å². The van der Waals surface area contributed by atoms with Gasteiger partial charge in [-0.3, -0.25) is 9.59 Å². The van der Waals surface area contributed by atoms with E-state index in [9.17, 15) is 14.7 Å². The van der Waals surface area contributed by atoms with E-state index in [2.05, 4.69) is 38.8 Å². The molecular weight excluding hydrogens is 500 g/mol. The molecule has 4 rings (SSSR count). The number of pyridine rings is 1. The van der Waals surface area contributed by atoms with Crippen LogP contribution in [-0.2, 0) is 15.8 Å². The van der Waals surface area contributed by atoms with Gasteiger partial charge in [0, 0.05) is 31.7 Å². The van der Waals surface area contributed by atoms with Crippen molar-refractivity contribution >= 4 is 45.8 Å². The first-order valence-corrected chi connectivity index (χ1v) is 12.7. The van der Waals surface area contributed by atoms with Crippen molar-refractivity contribution in [3.05, 3.63) is 64.2 Å². The lowest BCUT2D eigenvalue weighted by Gasteiger charge is -2.49. The molecule has 1 aromatic carbocycles. The summed E-state index contributed by atoms with van der Waals surface area (Å²) in [4.78, 5) is 37.0. The first-order chi connectivity index (χ1) is 17.0. The Balaban J connectivity index is 1.72. The smallest absolute Gasteiger partial charge is 0.253 e. The Bertz CT molecular complexity index is 1300. The van der Waals surface area contributed by atoms with Crippen molar-refractivity contribution in [3.8, 4) is 0 Å². The molecule has 11 heteroatoms. The molecule has 3 N–H and O–H groups in total. The number of carbonyl (C=O) groups excluding carboxylic acids is 2. The minimum absolute atomic E-state index is 0.153. The van der Waals surface area contributed by atoms with Crippen molar-refractivity contribution in [2.24, 2.45) is 0 Å². The Morgan fingerprint density at radius 2 is 1.94 bits per heavy atom. The van der Waals surface area contributed by atoms with Crippen molar-refractivity contribution in [3.63, 3.8) is 0 Å². The molecule has 3 heterocycles. The summed E-state index contributed by atoms with van der Waals surface area (Å²) in [6.45, 7) is 8.17. The maximum Gasteiger partial charge on any atom is 0.253 e. The summed E-state index contributed by atoms with van der Waals surface area (Å²) in [6, 6.07) is 9.34. The molecule has 0 atom stereocenters. The fourth-order valence-electron chi connectivity index (χ4n) is 4.30. The molecule has 2 aromatic heterocycles. The number of hydrogen-bond acceptors (Lipinski definition) is 8. The van der Waals surface area contributed by atoms with Crippen LogP contribution in [0.4, 0.5) is 10.8 Å². The molecule has 1 fully saturated rings. The van der Waals surface area contributed by atoms with Gasteiger partial charge in [0.1, 0.15) is 16.2 Å². The number of anilines is 2. The summed E-state index contributed by atoms with van der Waals surface area (Å²) in [5.41, 5.74) is 0.445. The van der Waals surface area contributed by atoms with Gasteiger partial charge >= 0.3 is 0 Å². The van der Waals surface area contributed by atoms with E-state index in [1.807, 2.05) is 29.2 Å². The second-order valence-corrected chi connectivity index (χ2v) is 10.8. The van der Waals surface area contributed by atoms with Gasteiger partial charge in [0.15, 0.2) is 5.82 Å². The summed E-state index contributed by atoms with van der Waals surface area (Å²) in [5.74, 6) is -0.0980. The lowest BCUT2D eigenvalue weighted by atomic mass is 9.70. The van der Waals surface area contributed by atoms with Crippen molar-refractivity contribution in [2.75, 3.05) is 30.4 Å². The van der Waals surface area contributed by atoms with Crippen LogP contribution in [0.15, 0.2) is 36.5 Å². The van der Waals surface area contributed by atoms with Gasteiger partial charge in [0.2, 0.25) is 11.0 Å². The van der Waals surface area contributed by atoms with Crippen LogP contribution < -0.4 is 15.5 Å². The fraction of sp³-hybridized carbons (Fsp3) is 0.400. The molecule has 1 saturated heterocycles. The minimum Gasteiger partial charge on any atom is -0.382 e. The Morgan fingerprint density at radius 1 is 1.25 bits per heavy atom. The Kier molecular flexibility index (Phi) is 7.05. The highest BCUT2D eigenvalue weighted by Gasteiger charge is 2.53. The van der Waals surface area contributed by atoms with Crippen molar-refractivity contribution in [1.82, 2.24) is 19.7 Å². The maximum absolute atomic E-state index is 14.0. The fourth-order valence-corrected chi connectivity index (χ4v) is 5.26. The molecular formula is C25H29ClN6O3S. The number of benzene rings is 1. The third kappa shape index (κ3) is 4.80. The lowest BCUT2D eigenvalue weighted by molar-refractivity contribution is -0.122. The summed E-state index contributed by atoms with van der Waals surface area (Å²) in [6.07, 6.45) is 1.39. The Morgan fingerprint density at radius 3 is 2.56 bits per heavy atom. The number of rotatable bonds is 7. The highest BCUT2D eigenvalue weighted by atomic mass is 35.5. The van der Waals surface area contributed by atoms with Crippen molar-refractivity contribution in [1.29, 1.82) is 0 Å². The van der Waals surface area contributed by atoms with Crippen LogP contribution in [-0.4, -0.2) is 51.4 Å². The number of aromatic nitrogens is 3. The van der Waals surface area contributed by atoms with Crippen LogP contribution in [0, 0.1) is 0 Å². The summed E-state index contributed by atoms with van der Waals surface area (Å²) in [7, 11) is 1.51. The molecule has 36 heavy (non-hydrogen) atoms. The molecule has 2 amide bonds. The normalized spacial score (nSPS) is 14.9. The zero-order valence-electron chi connectivity index (χ0n) is 20.8. The molecule has 9 nitrogen and oxygen atoms in total. The van der Waals surface area contributed by atoms with E-state index in [0.29, 0.717) is 24.0 Å². The van der Waals surface area contributed by atoms with E-state index in [4.69, 9.17) is 11.6 Å². The number of carbonyl (C=O) groups is 2. The maximum atomic E-state index is 14.0. The van der Waals surface area contributed by atoms with Gasteiger partial charge < -0.3 is 20.6 Å². The van der Waals surface area contributed by atoms with E-state index in [-0.39, 0.29) is 34.1 Å². The third-order valence-electron chi connectivity index (χ3n) is 6.28. The standard InChI is InChI=1S/C25H29ClN6O3S/c1-14(2)15-8-6-7-9-17(15)25(12-32(13-25)23-30-21(31-36-23)24(3,4)35)22(34)29-18-11-28-19(26)10-16(18)20(33)27-5/h6-11,14,35H,12-13H2,1-5H3,(H,27,33)(H,29,34). The molecule has 1 aliphatic heterocycles. The summed E-state index contributed by atoms with van der Waals surface area (Å²) < 4.78 is 4.29. The minimum atomic E-state index is -1.16. The second kappa shape index (κ2) is 9.76. The number of nitrogens with one attached hydrogen (secondary N) is 2. The largest absolute Gasteiger partial charge is 0.382 e. The van der Waals surface area contributed by atoms with Gasteiger partial charge in [0.25, 0.3) is 5.91 Å². The Hall–Kier alpha value is -3.08. The van der Waals surface area contributed by atoms with E-state index in [0.717, 1.165) is 11.1 Å². The van der Waals surface area contributed by atoms with Gasteiger partial charge in [-0.1, -0.05) is 49.7 Å². The van der Waals surface area contributed by atoms with Gasteiger partial charge in [-0.15, -0.1) is 0 Å². The zero-order chi connectivity index (χ0) is 26.3. The van der Waals surface area contributed by atoms with E-state index < -0.39 is 11.0 Å². The second-order valence-electron chi connectivity index (χ2n) is 9.73. The number of aliphatic hydroxyl groups is 1. The van der Waals surface area contributed by atoms with E-state index in [1.54, 1.807) is 13.8 Å². The van der Waals surface area contributed by atoms with Gasteiger partial charge in [0.05, 0.1) is 17.4 Å². The van der Waals surface area contributed by atoms with Crippen LogP contribution in [0.2, 0.25) is 5.15 Å². The van der Waals surface area contributed by atoms with Crippen LogP contribution in [0.3, 0.4) is 0 Å². The molecule has 1 aliphatic rings. The summed E-state index contributed by atoms with van der Waals surface area (Å²) in [5, 5.41) is 16.6. The van der Waals surface area contributed by atoms with E-state index in [1.165, 1.54) is 30.8 Å². The average Bonchev–Trinajstić information content (AvgIpc) is 3.30. The third-order valence-corrected chi connectivity index (χ3v) is 7.26. The Labute approximate surface area is 219 Å². The van der Waals surface area contributed by atoms with Crippen LogP contribution in [0.1, 0.15) is 60.9 Å². The van der Waals surface area contributed by atoms with Gasteiger partial charge in [-0.05, 0) is 37.0 Å². The van der Waals surface area contributed by atoms with E-state index >= 15 is 0 Å². The van der Waals surface area contributed by atoms with Crippen molar-refractivity contribution in [2.45, 2.75) is 44.6 Å². The molecule has 190 valence electrons. The molecule has 0 bridgehead atoms. The molecule has 0 radical (unpaired) electrons. The SMILES string of the molecule is CNC(=O)c1cc(Cl)ncc1NC(=O)C1(c2ccccc2C(C)C)CN(c2nc(C(C)(C)O)ns2)C1. The molecule has 0 aliphatic carbocycles. The first-order valence-electron chi connectivity index (χ1n) is 11.6. The number of halogens is 1.